The highest BCUT2D eigenvalue weighted by Crippen LogP contribution is 2.30. The molecule has 1 aliphatic rings. The Bertz CT molecular complexity index is 1220. The summed E-state index contributed by atoms with van der Waals surface area (Å²) in [5.41, 5.74) is 1.92. The van der Waals surface area contributed by atoms with Crippen LogP contribution in [0.3, 0.4) is 0 Å². The number of benzene rings is 1. The molecule has 3 heterocycles. The number of nitrogens with zero attached hydrogens (tertiary/aromatic N) is 2. The number of H-pyrrole nitrogens is 1. The van der Waals surface area contributed by atoms with Crippen LogP contribution >= 0.6 is 0 Å². The largest absolute Gasteiger partial charge is 0.370 e. The number of fused-ring (bicyclic) bond motifs is 1. The average Bonchev–Trinajstić information content (AvgIpc) is 3.15. The molecule has 1 aromatic carbocycles. The molecule has 1 aliphatic heterocycles. The van der Waals surface area contributed by atoms with E-state index in [1.54, 1.807) is 13.1 Å². The second-order valence-corrected chi connectivity index (χ2v) is 10.4. The Balaban J connectivity index is 1.64. The molecule has 0 bridgehead atoms. The minimum Gasteiger partial charge on any atom is -0.370 e. The summed E-state index contributed by atoms with van der Waals surface area (Å²) in [5, 5.41) is 0.803. The Kier molecular flexibility index (Phi) is 6.37. The maximum absolute atomic E-state index is 15.1. The van der Waals surface area contributed by atoms with Crippen LogP contribution in [0.1, 0.15) is 44.2 Å². The van der Waals surface area contributed by atoms with Gasteiger partial charge in [-0.1, -0.05) is 13.8 Å². The number of sulfonamides is 1. The molecule has 0 aliphatic carbocycles. The maximum Gasteiger partial charge on any atom is 0.232 e. The van der Waals surface area contributed by atoms with Crippen LogP contribution in [0.2, 0.25) is 0 Å². The van der Waals surface area contributed by atoms with Gasteiger partial charge in [-0.2, -0.15) is 0 Å². The summed E-state index contributed by atoms with van der Waals surface area (Å²) in [5.74, 6) is -1.04. The first-order chi connectivity index (χ1) is 15.3. The zero-order chi connectivity index (χ0) is 22.9. The molecule has 0 unspecified atom stereocenters. The molecule has 0 atom stereocenters. The van der Waals surface area contributed by atoms with Gasteiger partial charge in [0.05, 0.1) is 23.3 Å². The molecule has 1 fully saturated rings. The Morgan fingerprint density at radius 1 is 1.25 bits per heavy atom. The van der Waals surface area contributed by atoms with Crippen LogP contribution in [0.4, 0.5) is 20.2 Å². The lowest BCUT2D eigenvalue weighted by Gasteiger charge is -2.31. The number of pyridine rings is 1. The fourth-order valence-electron chi connectivity index (χ4n) is 4.15. The molecule has 4 rings (SSSR count). The topological polar surface area (TPSA) is 78.1 Å². The minimum absolute atomic E-state index is 0.0246. The maximum atomic E-state index is 15.1. The Morgan fingerprint density at radius 3 is 2.72 bits per heavy atom. The molecule has 6 nitrogen and oxygen atoms in total. The number of piperidine rings is 1. The van der Waals surface area contributed by atoms with Crippen LogP contribution in [-0.2, 0) is 16.4 Å². The van der Waals surface area contributed by atoms with Gasteiger partial charge in [0.1, 0.15) is 11.5 Å². The molecule has 172 valence electrons. The van der Waals surface area contributed by atoms with E-state index in [1.165, 1.54) is 0 Å². The van der Waals surface area contributed by atoms with E-state index in [0.29, 0.717) is 23.5 Å². The van der Waals surface area contributed by atoms with Gasteiger partial charge in [0.15, 0.2) is 5.82 Å². The second kappa shape index (κ2) is 9.05. The van der Waals surface area contributed by atoms with E-state index in [-0.39, 0.29) is 23.4 Å². The zero-order valence-electron chi connectivity index (χ0n) is 18.3. The first kappa shape index (κ1) is 22.5. The third-order valence-electron chi connectivity index (χ3n) is 6.04. The van der Waals surface area contributed by atoms with Crippen molar-refractivity contribution >= 4 is 32.4 Å². The molecule has 0 saturated carbocycles. The number of aromatic nitrogens is 2. The third-order valence-corrected chi connectivity index (χ3v) is 7.52. The van der Waals surface area contributed by atoms with E-state index in [4.69, 9.17) is 0 Å². The molecule has 1 saturated heterocycles. The quantitative estimate of drug-likeness (QED) is 0.528. The molecule has 2 N–H and O–H groups in total. The Morgan fingerprint density at radius 2 is 2.00 bits per heavy atom. The zero-order valence-corrected chi connectivity index (χ0v) is 19.1. The van der Waals surface area contributed by atoms with Gasteiger partial charge in [0, 0.05) is 36.7 Å². The highest BCUT2D eigenvalue weighted by Gasteiger charge is 2.21. The predicted octanol–water partition coefficient (Wildman–Crippen LogP) is 4.82. The molecular weight excluding hydrogens is 434 g/mol. The van der Waals surface area contributed by atoms with Gasteiger partial charge in [-0.15, -0.1) is 0 Å². The minimum atomic E-state index is -3.69. The van der Waals surface area contributed by atoms with E-state index in [2.05, 4.69) is 26.5 Å². The lowest BCUT2D eigenvalue weighted by atomic mass is 9.98. The van der Waals surface area contributed by atoms with Gasteiger partial charge < -0.3 is 9.88 Å². The Labute approximate surface area is 187 Å². The number of nitrogens with one attached hydrogen (secondary N) is 2. The third kappa shape index (κ3) is 4.72. The van der Waals surface area contributed by atoms with Crippen molar-refractivity contribution in [1.82, 2.24) is 9.97 Å². The lowest BCUT2D eigenvalue weighted by Crippen LogP contribution is -2.32. The van der Waals surface area contributed by atoms with Crippen molar-refractivity contribution in [1.29, 1.82) is 0 Å². The van der Waals surface area contributed by atoms with Crippen LogP contribution < -0.4 is 9.62 Å². The second-order valence-electron chi connectivity index (χ2n) is 8.56. The van der Waals surface area contributed by atoms with Gasteiger partial charge in [-0.3, -0.25) is 4.72 Å². The highest BCUT2D eigenvalue weighted by molar-refractivity contribution is 7.92. The lowest BCUT2D eigenvalue weighted by molar-refractivity contribution is 0.438. The van der Waals surface area contributed by atoms with E-state index in [1.807, 2.05) is 12.3 Å². The standard InChI is InChI=1S/C23H28F2N4O2S/c1-3-10-32(30,31)28-21-5-4-20(24)19(22(21)25)11-16-13-26-23-18(16)12-17(14-27-23)29-8-6-15(2)7-9-29/h4-5,12-15,28H,3,6-11H2,1-2H3,(H,26,27). The SMILES string of the molecule is CCCS(=O)(=O)Nc1ccc(F)c(Cc2c[nH]c3ncc(N4CCC(C)CC4)cc23)c1F. The van der Waals surface area contributed by atoms with Crippen molar-refractivity contribution in [2.75, 3.05) is 28.5 Å². The van der Waals surface area contributed by atoms with Crippen LogP contribution in [0.15, 0.2) is 30.6 Å². The summed E-state index contributed by atoms with van der Waals surface area (Å²) < 4.78 is 56.0. The van der Waals surface area contributed by atoms with Crippen LogP contribution in [0.25, 0.3) is 11.0 Å². The molecular formula is C23H28F2N4O2S. The number of aromatic amines is 1. The normalized spacial score (nSPS) is 15.4. The van der Waals surface area contributed by atoms with Crippen LogP contribution in [-0.4, -0.2) is 37.2 Å². The number of hydrogen-bond donors (Lipinski definition) is 2. The fraction of sp³-hybridized carbons (Fsp3) is 0.435. The number of rotatable bonds is 7. The van der Waals surface area contributed by atoms with Gasteiger partial charge in [0.2, 0.25) is 10.0 Å². The number of halogens is 2. The molecule has 0 spiro atoms. The predicted molar refractivity (Wildman–Crippen MR) is 124 cm³/mol. The van der Waals surface area contributed by atoms with Gasteiger partial charge in [0.25, 0.3) is 0 Å². The summed E-state index contributed by atoms with van der Waals surface area (Å²) in [6.07, 6.45) is 6.13. The molecule has 9 heteroatoms. The van der Waals surface area contributed by atoms with E-state index in [0.717, 1.165) is 49.1 Å². The molecule has 2 aromatic heterocycles. The van der Waals surface area contributed by atoms with E-state index in [9.17, 15) is 12.8 Å². The molecule has 0 amide bonds. The van der Waals surface area contributed by atoms with Gasteiger partial charge >= 0.3 is 0 Å². The van der Waals surface area contributed by atoms with Crippen molar-refractivity contribution in [2.45, 2.75) is 39.5 Å². The first-order valence-electron chi connectivity index (χ1n) is 11.0. The van der Waals surface area contributed by atoms with Crippen molar-refractivity contribution in [3.05, 3.63) is 53.4 Å². The van der Waals surface area contributed by atoms with Crippen molar-refractivity contribution < 1.29 is 17.2 Å². The van der Waals surface area contributed by atoms with Crippen molar-refractivity contribution in [3.63, 3.8) is 0 Å². The molecule has 32 heavy (non-hydrogen) atoms. The van der Waals surface area contributed by atoms with Crippen molar-refractivity contribution in [2.24, 2.45) is 5.92 Å². The average molecular weight is 463 g/mol. The van der Waals surface area contributed by atoms with Crippen LogP contribution in [0, 0.1) is 17.6 Å². The monoisotopic (exact) mass is 462 g/mol. The van der Waals surface area contributed by atoms with E-state index >= 15 is 4.39 Å². The summed E-state index contributed by atoms with van der Waals surface area (Å²) >= 11 is 0. The summed E-state index contributed by atoms with van der Waals surface area (Å²) in [6.45, 7) is 5.88. The molecule has 3 aromatic rings. The number of hydrogen-bond acceptors (Lipinski definition) is 4. The molecule has 0 radical (unpaired) electrons. The highest BCUT2D eigenvalue weighted by atomic mass is 32.2. The van der Waals surface area contributed by atoms with Crippen molar-refractivity contribution in [3.8, 4) is 0 Å². The van der Waals surface area contributed by atoms with Gasteiger partial charge in [-0.05, 0) is 48.9 Å². The summed E-state index contributed by atoms with van der Waals surface area (Å²) in [7, 11) is -3.69. The fourth-order valence-corrected chi connectivity index (χ4v) is 5.28. The van der Waals surface area contributed by atoms with Gasteiger partial charge in [-0.25, -0.2) is 22.2 Å². The first-order valence-corrected chi connectivity index (χ1v) is 12.6. The number of anilines is 2. The summed E-state index contributed by atoms with van der Waals surface area (Å²) in [6, 6.07) is 4.22. The smallest absolute Gasteiger partial charge is 0.232 e. The van der Waals surface area contributed by atoms with E-state index < -0.39 is 21.7 Å². The summed E-state index contributed by atoms with van der Waals surface area (Å²) in [4.78, 5) is 9.85. The van der Waals surface area contributed by atoms with Crippen LogP contribution in [0.5, 0.6) is 0 Å². The Hall–Kier alpha value is -2.68.